The summed E-state index contributed by atoms with van der Waals surface area (Å²) >= 11 is 0. The molecule has 4 rings (SSSR count). The highest BCUT2D eigenvalue weighted by atomic mass is 16.6. The van der Waals surface area contributed by atoms with Gasteiger partial charge in [0.25, 0.3) is 0 Å². The summed E-state index contributed by atoms with van der Waals surface area (Å²) in [5, 5.41) is 0. The Morgan fingerprint density at radius 3 is 0.945 bits per heavy atom. The molecule has 0 fully saturated rings. The van der Waals surface area contributed by atoms with Gasteiger partial charge in [0.05, 0.1) is 112 Å². The van der Waals surface area contributed by atoms with E-state index >= 15 is 0 Å². The SMILES string of the molecule is O=Cc1ccc(OCCOCCOCCOCCOCCOCCOCCOCCOCCOC(c2ccccc2)(c2ccccc2)c2ccccc2)cc1. The highest BCUT2D eigenvalue weighted by molar-refractivity contribution is 5.74. The van der Waals surface area contributed by atoms with Crippen molar-refractivity contribution in [1.29, 1.82) is 0 Å². The molecule has 0 heterocycles. The van der Waals surface area contributed by atoms with Crippen molar-refractivity contribution in [3.63, 3.8) is 0 Å². The van der Waals surface area contributed by atoms with E-state index in [1.165, 1.54) is 0 Å². The Morgan fingerprint density at radius 1 is 0.345 bits per heavy atom. The fraction of sp³-hybridized carbons (Fsp3) is 0.432. The monoisotopic (exact) mass is 760 g/mol. The van der Waals surface area contributed by atoms with Gasteiger partial charge >= 0.3 is 0 Å². The van der Waals surface area contributed by atoms with Crippen LogP contribution in [-0.2, 0) is 48.2 Å². The van der Waals surface area contributed by atoms with Gasteiger partial charge in [0.15, 0.2) is 0 Å². The molecule has 4 aromatic carbocycles. The molecule has 0 saturated carbocycles. The Hall–Kier alpha value is -4.01. The van der Waals surface area contributed by atoms with Crippen LogP contribution in [0.15, 0.2) is 115 Å². The number of ether oxygens (including phenoxy) is 10. The van der Waals surface area contributed by atoms with Gasteiger partial charge in [-0.1, -0.05) is 91.0 Å². The molecule has 0 aromatic heterocycles. The van der Waals surface area contributed by atoms with E-state index in [1.807, 2.05) is 54.6 Å². The maximum absolute atomic E-state index is 10.7. The van der Waals surface area contributed by atoms with Crippen molar-refractivity contribution in [2.45, 2.75) is 5.60 Å². The van der Waals surface area contributed by atoms with Crippen molar-refractivity contribution >= 4 is 6.29 Å². The first-order valence-electron chi connectivity index (χ1n) is 18.9. The second-order valence-electron chi connectivity index (χ2n) is 12.1. The predicted molar refractivity (Wildman–Crippen MR) is 209 cm³/mol. The molecule has 0 saturated heterocycles. The molecular weight excluding hydrogens is 704 g/mol. The lowest BCUT2D eigenvalue weighted by molar-refractivity contribution is -0.0398. The molecule has 0 unspecified atom stereocenters. The summed E-state index contributed by atoms with van der Waals surface area (Å²) in [7, 11) is 0. The molecule has 11 nitrogen and oxygen atoms in total. The van der Waals surface area contributed by atoms with Crippen molar-refractivity contribution in [2.75, 3.05) is 119 Å². The minimum Gasteiger partial charge on any atom is -0.491 e. The summed E-state index contributed by atoms with van der Waals surface area (Å²) < 4.78 is 56.9. The molecular formula is C44H56O11. The maximum atomic E-state index is 10.7. The normalized spacial score (nSPS) is 11.5. The Balaban J connectivity index is 0.891. The third-order valence-electron chi connectivity index (χ3n) is 8.20. The van der Waals surface area contributed by atoms with Gasteiger partial charge in [0.1, 0.15) is 24.2 Å². The van der Waals surface area contributed by atoms with Crippen LogP contribution in [0.5, 0.6) is 5.75 Å². The molecule has 4 aromatic rings. The first kappa shape index (κ1) is 43.7. The lowest BCUT2D eigenvalue weighted by Crippen LogP contribution is -2.34. The summed E-state index contributed by atoms with van der Waals surface area (Å²) in [6.45, 7) is 8.53. The molecule has 0 aliphatic carbocycles. The highest BCUT2D eigenvalue weighted by Gasteiger charge is 2.37. The van der Waals surface area contributed by atoms with Crippen molar-refractivity contribution in [3.8, 4) is 5.75 Å². The second-order valence-corrected chi connectivity index (χ2v) is 12.1. The predicted octanol–water partition coefficient (Wildman–Crippen LogP) is 6.02. The van der Waals surface area contributed by atoms with Gasteiger partial charge in [-0.3, -0.25) is 4.79 Å². The summed E-state index contributed by atoms with van der Waals surface area (Å²) in [5.74, 6) is 0.703. The first-order valence-corrected chi connectivity index (χ1v) is 18.9. The van der Waals surface area contributed by atoms with Crippen molar-refractivity contribution in [1.82, 2.24) is 0 Å². The second kappa shape index (κ2) is 28.4. The van der Waals surface area contributed by atoms with Crippen LogP contribution in [0.4, 0.5) is 0 Å². The third-order valence-corrected chi connectivity index (χ3v) is 8.20. The lowest BCUT2D eigenvalue weighted by Gasteiger charge is -2.36. The molecule has 0 radical (unpaired) electrons. The van der Waals surface area contributed by atoms with Crippen molar-refractivity contribution in [3.05, 3.63) is 138 Å². The van der Waals surface area contributed by atoms with Gasteiger partial charge in [0.2, 0.25) is 0 Å². The van der Waals surface area contributed by atoms with E-state index in [4.69, 9.17) is 47.4 Å². The molecule has 0 bridgehead atoms. The van der Waals surface area contributed by atoms with Gasteiger partial charge in [-0.25, -0.2) is 0 Å². The molecule has 0 aliphatic rings. The zero-order chi connectivity index (χ0) is 38.3. The molecule has 0 spiro atoms. The Kier molecular flexibility index (Phi) is 22.6. The van der Waals surface area contributed by atoms with E-state index in [9.17, 15) is 4.79 Å². The van der Waals surface area contributed by atoms with Gasteiger partial charge in [-0.15, -0.1) is 0 Å². The quantitative estimate of drug-likeness (QED) is 0.0323. The summed E-state index contributed by atoms with van der Waals surface area (Å²) in [5.41, 5.74) is 3.06. The number of hydrogen-bond acceptors (Lipinski definition) is 11. The molecule has 0 amide bonds. The van der Waals surface area contributed by atoms with Crippen LogP contribution in [0, 0.1) is 0 Å². The minimum atomic E-state index is -0.755. The van der Waals surface area contributed by atoms with E-state index in [1.54, 1.807) is 24.3 Å². The van der Waals surface area contributed by atoms with Crippen LogP contribution in [0.3, 0.4) is 0 Å². The zero-order valence-electron chi connectivity index (χ0n) is 31.8. The van der Waals surface area contributed by atoms with Crippen molar-refractivity contribution < 1.29 is 52.2 Å². The molecule has 0 aliphatic heterocycles. The average molecular weight is 761 g/mol. The number of carbonyl (C=O) groups is 1. The number of hydrogen-bond donors (Lipinski definition) is 0. The Morgan fingerprint density at radius 2 is 0.636 bits per heavy atom. The lowest BCUT2D eigenvalue weighted by atomic mass is 9.80. The smallest absolute Gasteiger partial charge is 0.150 e. The molecule has 55 heavy (non-hydrogen) atoms. The van der Waals surface area contributed by atoms with Gasteiger partial charge < -0.3 is 47.4 Å². The van der Waals surface area contributed by atoms with Crippen LogP contribution in [0.2, 0.25) is 0 Å². The zero-order valence-corrected chi connectivity index (χ0v) is 31.8. The summed E-state index contributed by atoms with van der Waals surface area (Å²) in [6, 6.07) is 37.9. The van der Waals surface area contributed by atoms with Gasteiger partial charge in [-0.05, 0) is 41.0 Å². The van der Waals surface area contributed by atoms with Crippen LogP contribution < -0.4 is 4.74 Å². The topological polar surface area (TPSA) is 109 Å². The van der Waals surface area contributed by atoms with Crippen LogP contribution in [-0.4, -0.2) is 125 Å². The largest absolute Gasteiger partial charge is 0.491 e. The molecule has 0 N–H and O–H groups in total. The van der Waals surface area contributed by atoms with Crippen molar-refractivity contribution in [2.24, 2.45) is 0 Å². The Labute approximate surface area is 325 Å². The van der Waals surface area contributed by atoms with Gasteiger partial charge in [0, 0.05) is 5.56 Å². The molecule has 11 heteroatoms. The van der Waals surface area contributed by atoms with E-state index in [0.717, 1.165) is 23.0 Å². The number of benzene rings is 4. The fourth-order valence-corrected chi connectivity index (χ4v) is 5.52. The molecule has 0 atom stereocenters. The third kappa shape index (κ3) is 17.1. The minimum absolute atomic E-state index is 0.412. The fourth-order valence-electron chi connectivity index (χ4n) is 5.52. The van der Waals surface area contributed by atoms with E-state index < -0.39 is 5.60 Å². The summed E-state index contributed by atoms with van der Waals surface area (Å²) in [4.78, 5) is 10.7. The van der Waals surface area contributed by atoms with E-state index in [0.29, 0.717) is 130 Å². The summed E-state index contributed by atoms with van der Waals surface area (Å²) in [6.07, 6.45) is 0.800. The number of carbonyl (C=O) groups excluding carboxylic acids is 1. The van der Waals surface area contributed by atoms with Crippen LogP contribution in [0.1, 0.15) is 27.0 Å². The van der Waals surface area contributed by atoms with Crippen LogP contribution in [0.25, 0.3) is 0 Å². The number of rotatable bonds is 33. The van der Waals surface area contributed by atoms with E-state index in [-0.39, 0.29) is 0 Å². The van der Waals surface area contributed by atoms with E-state index in [2.05, 4.69) is 36.4 Å². The standard InChI is InChI=1S/C44H56O11/c45-38-39-16-18-43(19-17-39)54-36-34-52-32-30-50-28-26-48-24-22-46-20-21-47-23-25-49-27-29-51-31-33-53-35-37-55-44(40-10-4-1-5-11-40,41-12-6-2-7-13-41)42-14-8-3-9-15-42/h1-19,38H,20-37H2. The maximum Gasteiger partial charge on any atom is 0.150 e. The highest BCUT2D eigenvalue weighted by Crippen LogP contribution is 2.40. The van der Waals surface area contributed by atoms with Crippen LogP contribution >= 0.6 is 0 Å². The van der Waals surface area contributed by atoms with Gasteiger partial charge in [-0.2, -0.15) is 0 Å². The first-order chi connectivity index (χ1) is 27.3. The number of aldehydes is 1. The average Bonchev–Trinajstić information content (AvgIpc) is 3.24. The Bertz CT molecular complexity index is 1390. The molecule has 298 valence electrons.